The number of amides is 1. The Balaban J connectivity index is 1.24. The standard InChI is InChI=1S/C29H40N4O2S/c1-29(2)8-7-24(26(18-29)27-17-22(21-36-27)19-32-13-15-35-16-14-32)20-31-9-11-33(12-10-31)25-5-3-23(4-6-25)28(30)34/h3-6,17,21H,7-16,18-20H2,1-2H3,(H2,30,34). The second-order valence-electron chi connectivity index (χ2n) is 11.3. The first-order chi connectivity index (χ1) is 17.4. The summed E-state index contributed by atoms with van der Waals surface area (Å²) in [5.41, 5.74) is 12.2. The third kappa shape index (κ3) is 6.20. The molecule has 2 aliphatic heterocycles. The molecule has 1 amide bonds. The highest BCUT2D eigenvalue weighted by atomic mass is 32.1. The van der Waals surface area contributed by atoms with Crippen LogP contribution in [-0.4, -0.2) is 74.7 Å². The van der Waals surface area contributed by atoms with Crippen LogP contribution in [0.4, 0.5) is 5.69 Å². The van der Waals surface area contributed by atoms with Crippen LogP contribution in [0.2, 0.25) is 0 Å². The largest absolute Gasteiger partial charge is 0.379 e. The summed E-state index contributed by atoms with van der Waals surface area (Å²) in [6.45, 7) is 14.9. The molecule has 2 aromatic rings. The van der Waals surface area contributed by atoms with Crippen molar-refractivity contribution < 1.29 is 9.53 Å². The van der Waals surface area contributed by atoms with Gasteiger partial charge in [0.2, 0.25) is 5.91 Å². The van der Waals surface area contributed by atoms with E-state index in [9.17, 15) is 4.79 Å². The topological polar surface area (TPSA) is 62.0 Å². The van der Waals surface area contributed by atoms with Gasteiger partial charge in [-0.2, -0.15) is 0 Å². The molecule has 0 atom stereocenters. The van der Waals surface area contributed by atoms with Gasteiger partial charge < -0.3 is 15.4 Å². The predicted molar refractivity (Wildman–Crippen MR) is 149 cm³/mol. The van der Waals surface area contributed by atoms with Crippen molar-refractivity contribution in [3.05, 3.63) is 57.3 Å². The van der Waals surface area contributed by atoms with Crippen molar-refractivity contribution in [3.8, 4) is 0 Å². The minimum atomic E-state index is -0.370. The van der Waals surface area contributed by atoms with Crippen molar-refractivity contribution in [2.45, 2.75) is 39.7 Å². The van der Waals surface area contributed by atoms with Crippen molar-refractivity contribution in [1.29, 1.82) is 0 Å². The third-order valence-corrected chi connectivity index (χ3v) is 8.99. The third-order valence-electron chi connectivity index (χ3n) is 7.95. The number of nitrogens with two attached hydrogens (primary N) is 1. The lowest BCUT2D eigenvalue weighted by molar-refractivity contribution is 0.0342. The van der Waals surface area contributed by atoms with Gasteiger partial charge in [0.15, 0.2) is 0 Å². The van der Waals surface area contributed by atoms with E-state index in [4.69, 9.17) is 10.5 Å². The van der Waals surface area contributed by atoms with Gasteiger partial charge in [0.1, 0.15) is 0 Å². The fourth-order valence-corrected chi connectivity index (χ4v) is 6.67. The van der Waals surface area contributed by atoms with Crippen LogP contribution in [-0.2, 0) is 11.3 Å². The zero-order valence-electron chi connectivity index (χ0n) is 21.8. The van der Waals surface area contributed by atoms with Crippen molar-refractivity contribution in [2.75, 3.05) is 63.9 Å². The van der Waals surface area contributed by atoms with Crippen LogP contribution in [0.25, 0.3) is 5.57 Å². The molecular formula is C29H40N4O2S. The van der Waals surface area contributed by atoms with E-state index in [1.165, 1.54) is 35.4 Å². The summed E-state index contributed by atoms with van der Waals surface area (Å²) < 4.78 is 5.52. The number of allylic oxidation sites excluding steroid dienone is 1. The molecule has 1 aliphatic carbocycles. The van der Waals surface area contributed by atoms with E-state index >= 15 is 0 Å². The number of carbonyl (C=O) groups is 1. The second-order valence-corrected chi connectivity index (χ2v) is 12.2. The zero-order valence-corrected chi connectivity index (χ0v) is 22.6. The van der Waals surface area contributed by atoms with Crippen molar-refractivity contribution in [2.24, 2.45) is 11.1 Å². The molecule has 2 fully saturated rings. The SMILES string of the molecule is CC1(C)CCC(CN2CCN(c3ccc(C(N)=O)cc3)CC2)=C(c2cc(CN3CCOCC3)cs2)C1. The summed E-state index contributed by atoms with van der Waals surface area (Å²) in [6, 6.07) is 10.2. The summed E-state index contributed by atoms with van der Waals surface area (Å²) in [7, 11) is 0. The smallest absolute Gasteiger partial charge is 0.248 e. The summed E-state index contributed by atoms with van der Waals surface area (Å²) in [5, 5.41) is 2.37. The van der Waals surface area contributed by atoms with Gasteiger partial charge in [-0.1, -0.05) is 19.4 Å². The van der Waals surface area contributed by atoms with Crippen LogP contribution in [0.1, 0.15) is 53.9 Å². The van der Waals surface area contributed by atoms with Gasteiger partial charge in [-0.05, 0) is 71.5 Å². The maximum atomic E-state index is 11.4. The van der Waals surface area contributed by atoms with E-state index in [0.29, 0.717) is 11.0 Å². The molecule has 0 radical (unpaired) electrons. The Morgan fingerprint density at radius 3 is 2.39 bits per heavy atom. The molecule has 7 heteroatoms. The van der Waals surface area contributed by atoms with E-state index in [1.54, 1.807) is 11.1 Å². The lowest BCUT2D eigenvalue weighted by Gasteiger charge is -2.39. The number of hydrogen-bond acceptors (Lipinski definition) is 6. The van der Waals surface area contributed by atoms with Crippen LogP contribution in [0.15, 0.2) is 41.3 Å². The van der Waals surface area contributed by atoms with E-state index in [2.05, 4.69) is 40.0 Å². The normalized spacial score (nSPS) is 21.7. The Hall–Kier alpha value is -2.19. The van der Waals surface area contributed by atoms with Crippen molar-refractivity contribution >= 4 is 28.5 Å². The van der Waals surface area contributed by atoms with Crippen LogP contribution in [0.5, 0.6) is 0 Å². The Morgan fingerprint density at radius 1 is 1.00 bits per heavy atom. The molecule has 0 bridgehead atoms. The molecule has 2 N–H and O–H groups in total. The first kappa shape index (κ1) is 25.5. The van der Waals surface area contributed by atoms with E-state index < -0.39 is 0 Å². The van der Waals surface area contributed by atoms with Gasteiger partial charge in [-0.3, -0.25) is 14.6 Å². The predicted octanol–water partition coefficient (Wildman–Crippen LogP) is 4.47. The Bertz CT molecular complexity index is 1080. The molecule has 0 spiro atoms. The minimum absolute atomic E-state index is 0.364. The fraction of sp³-hybridized carbons (Fsp3) is 0.552. The van der Waals surface area contributed by atoms with Crippen molar-refractivity contribution in [3.63, 3.8) is 0 Å². The highest BCUT2D eigenvalue weighted by Crippen LogP contribution is 2.44. The molecule has 1 aromatic heterocycles. The molecular weight excluding hydrogens is 468 g/mol. The van der Waals surface area contributed by atoms with E-state index in [0.717, 1.165) is 65.6 Å². The number of benzene rings is 1. The highest BCUT2D eigenvalue weighted by molar-refractivity contribution is 7.11. The maximum absolute atomic E-state index is 11.4. The van der Waals surface area contributed by atoms with E-state index in [-0.39, 0.29) is 5.91 Å². The Labute approximate surface area is 219 Å². The average molecular weight is 509 g/mol. The summed E-state index contributed by atoms with van der Waals surface area (Å²) in [5.74, 6) is -0.370. The number of carbonyl (C=O) groups excluding carboxylic acids is 1. The first-order valence-electron chi connectivity index (χ1n) is 13.3. The van der Waals surface area contributed by atoms with Gasteiger partial charge in [-0.25, -0.2) is 0 Å². The summed E-state index contributed by atoms with van der Waals surface area (Å²) >= 11 is 1.94. The molecule has 3 aliphatic rings. The number of morpholine rings is 1. The number of ether oxygens (including phenoxy) is 1. The first-order valence-corrected chi connectivity index (χ1v) is 14.2. The lowest BCUT2D eigenvalue weighted by atomic mass is 9.73. The quantitative estimate of drug-likeness (QED) is 0.598. The van der Waals surface area contributed by atoms with Gasteiger partial charge in [0.05, 0.1) is 13.2 Å². The van der Waals surface area contributed by atoms with Gasteiger partial charge in [0, 0.05) is 68.5 Å². The number of nitrogens with zero attached hydrogens (tertiary/aromatic N) is 3. The van der Waals surface area contributed by atoms with Crippen LogP contribution in [0.3, 0.4) is 0 Å². The molecule has 0 unspecified atom stereocenters. The number of rotatable bonds is 7. The maximum Gasteiger partial charge on any atom is 0.248 e. The van der Waals surface area contributed by atoms with Gasteiger partial charge in [0.25, 0.3) is 0 Å². The van der Waals surface area contributed by atoms with Gasteiger partial charge >= 0.3 is 0 Å². The number of anilines is 1. The highest BCUT2D eigenvalue weighted by Gasteiger charge is 2.30. The number of piperazine rings is 1. The number of hydrogen-bond donors (Lipinski definition) is 1. The average Bonchev–Trinajstić information content (AvgIpc) is 3.34. The number of thiophene rings is 1. The van der Waals surface area contributed by atoms with Crippen LogP contribution in [0, 0.1) is 5.41 Å². The Morgan fingerprint density at radius 2 is 1.69 bits per heavy atom. The molecule has 5 rings (SSSR count). The monoisotopic (exact) mass is 508 g/mol. The Kier molecular flexibility index (Phi) is 7.82. The molecule has 0 saturated carbocycles. The lowest BCUT2D eigenvalue weighted by Crippen LogP contribution is -2.47. The number of primary amides is 1. The molecule has 1 aromatic carbocycles. The van der Waals surface area contributed by atoms with Crippen LogP contribution < -0.4 is 10.6 Å². The summed E-state index contributed by atoms with van der Waals surface area (Å²) in [4.78, 5) is 20.4. The fourth-order valence-electron chi connectivity index (χ4n) is 5.67. The summed E-state index contributed by atoms with van der Waals surface area (Å²) in [6.07, 6.45) is 3.64. The zero-order chi connectivity index (χ0) is 25.1. The molecule has 6 nitrogen and oxygen atoms in total. The van der Waals surface area contributed by atoms with Crippen LogP contribution >= 0.6 is 11.3 Å². The molecule has 2 saturated heterocycles. The van der Waals surface area contributed by atoms with Gasteiger partial charge in [-0.15, -0.1) is 11.3 Å². The van der Waals surface area contributed by atoms with Crippen molar-refractivity contribution in [1.82, 2.24) is 9.80 Å². The second kappa shape index (κ2) is 11.1. The molecule has 3 heterocycles. The molecule has 194 valence electrons. The minimum Gasteiger partial charge on any atom is -0.379 e. The molecule has 36 heavy (non-hydrogen) atoms. The van der Waals surface area contributed by atoms with E-state index in [1.807, 2.05) is 35.6 Å².